The van der Waals surface area contributed by atoms with Gasteiger partial charge >= 0.3 is 0 Å². The van der Waals surface area contributed by atoms with E-state index < -0.39 is 0 Å². The van der Waals surface area contributed by atoms with E-state index in [1.807, 2.05) is 5.94 Å². The van der Waals surface area contributed by atoms with Gasteiger partial charge in [0.15, 0.2) is 0 Å². The highest BCUT2D eigenvalue weighted by Gasteiger charge is 2.16. The van der Waals surface area contributed by atoms with Crippen molar-refractivity contribution in [2.24, 2.45) is 0 Å². The molecule has 0 N–H and O–H groups in total. The van der Waals surface area contributed by atoms with Crippen molar-refractivity contribution in [2.75, 3.05) is 13.1 Å². The highest BCUT2D eigenvalue weighted by molar-refractivity contribution is 5.44. The minimum Gasteiger partial charge on any atom is -0.293 e. The third kappa shape index (κ3) is 21.7. The molecule has 0 unspecified atom stereocenters. The topological polar surface area (TPSA) is 29.5 Å². The lowest BCUT2D eigenvalue weighted by Crippen LogP contribution is -2.35. The molecule has 0 rings (SSSR count). The summed E-state index contributed by atoms with van der Waals surface area (Å²) in [7, 11) is 0. The molecule has 0 bridgehead atoms. The summed E-state index contributed by atoms with van der Waals surface area (Å²) >= 11 is 0. The molecule has 0 atom stereocenters. The Balaban J connectivity index is 3.75. The Morgan fingerprint density at radius 1 is 0.714 bits per heavy atom. The van der Waals surface area contributed by atoms with Crippen LogP contribution in [0.25, 0.3) is 0 Å². The van der Waals surface area contributed by atoms with Gasteiger partial charge in [-0.25, -0.2) is 4.79 Å². The highest BCUT2D eigenvalue weighted by Crippen LogP contribution is 2.15. The standard InChI is InChI=1S/C25H49NO2/c1-5-6-7-8-9-13-16-19-22-26(28-25(2,3)4)23-20-17-14-11-10-12-15-18-21-24-27/h21H,5-20,22-23H2,1-4H3. The number of allylic oxidation sites excluding steroid dienone is 1. The smallest absolute Gasteiger partial charge is 0.120 e. The fourth-order valence-corrected chi connectivity index (χ4v) is 3.49. The maximum atomic E-state index is 10.1. The van der Waals surface area contributed by atoms with Gasteiger partial charge in [-0.2, -0.15) is 5.06 Å². The van der Waals surface area contributed by atoms with Gasteiger partial charge in [-0.05, 0) is 52.5 Å². The van der Waals surface area contributed by atoms with E-state index in [-0.39, 0.29) is 5.60 Å². The van der Waals surface area contributed by atoms with Crippen LogP contribution in [0.15, 0.2) is 6.08 Å². The van der Waals surface area contributed by atoms with Gasteiger partial charge in [-0.3, -0.25) is 4.84 Å². The summed E-state index contributed by atoms with van der Waals surface area (Å²) in [6.07, 6.45) is 22.2. The first-order chi connectivity index (χ1) is 13.5. The summed E-state index contributed by atoms with van der Waals surface area (Å²) in [4.78, 5) is 16.3. The predicted molar refractivity (Wildman–Crippen MR) is 122 cm³/mol. The van der Waals surface area contributed by atoms with Gasteiger partial charge in [0.1, 0.15) is 5.94 Å². The average molecular weight is 396 g/mol. The SMILES string of the molecule is CCCCCCCCCCN(CCCCCCCCCC=C=O)OC(C)(C)C. The molecule has 3 heteroatoms. The van der Waals surface area contributed by atoms with Crippen molar-refractivity contribution in [3.63, 3.8) is 0 Å². The Morgan fingerprint density at radius 3 is 1.57 bits per heavy atom. The monoisotopic (exact) mass is 395 g/mol. The lowest BCUT2D eigenvalue weighted by molar-refractivity contribution is -0.229. The molecule has 0 amide bonds. The van der Waals surface area contributed by atoms with Gasteiger partial charge in [0, 0.05) is 13.1 Å². The zero-order valence-electron chi connectivity index (χ0n) is 19.6. The summed E-state index contributed by atoms with van der Waals surface area (Å²) < 4.78 is 0. The van der Waals surface area contributed by atoms with Gasteiger partial charge in [-0.1, -0.05) is 84.0 Å². The number of hydroxylamine groups is 2. The summed E-state index contributed by atoms with van der Waals surface area (Å²) in [5.74, 6) is 1.85. The maximum absolute atomic E-state index is 10.1. The van der Waals surface area contributed by atoms with E-state index in [2.05, 4.69) is 32.8 Å². The molecule has 166 valence electrons. The summed E-state index contributed by atoms with van der Waals surface area (Å²) in [6.45, 7) is 10.8. The second kappa shape index (κ2) is 19.7. The first kappa shape index (κ1) is 27.4. The molecule has 0 aromatic carbocycles. The highest BCUT2D eigenvalue weighted by atomic mass is 16.7. The molecule has 0 aliphatic rings. The summed E-state index contributed by atoms with van der Waals surface area (Å²) in [5.41, 5.74) is -0.101. The van der Waals surface area contributed by atoms with Gasteiger partial charge in [0.05, 0.1) is 5.60 Å². The van der Waals surface area contributed by atoms with E-state index in [9.17, 15) is 4.79 Å². The van der Waals surface area contributed by atoms with Crippen LogP contribution in [0, 0.1) is 0 Å². The Hall–Kier alpha value is -0.630. The second-order valence-electron chi connectivity index (χ2n) is 9.19. The molecule has 0 saturated carbocycles. The molecule has 0 radical (unpaired) electrons. The molecule has 0 spiro atoms. The number of carbonyl (C=O) groups excluding carboxylic acids is 1. The van der Waals surface area contributed by atoms with Gasteiger partial charge in [-0.15, -0.1) is 0 Å². The zero-order valence-corrected chi connectivity index (χ0v) is 19.6. The normalized spacial score (nSPS) is 11.8. The van der Waals surface area contributed by atoms with Crippen molar-refractivity contribution in [3.8, 4) is 0 Å². The fraction of sp³-hybridized carbons (Fsp3) is 0.920. The first-order valence-corrected chi connectivity index (χ1v) is 12.1. The molecule has 28 heavy (non-hydrogen) atoms. The zero-order chi connectivity index (χ0) is 20.9. The summed E-state index contributed by atoms with van der Waals surface area (Å²) in [6, 6.07) is 0. The Kier molecular flexibility index (Phi) is 19.2. The number of hydrogen-bond acceptors (Lipinski definition) is 3. The van der Waals surface area contributed by atoms with Gasteiger partial charge in [0.25, 0.3) is 0 Å². The van der Waals surface area contributed by atoms with Crippen LogP contribution in [0.1, 0.15) is 130 Å². The minimum atomic E-state index is -0.101. The van der Waals surface area contributed by atoms with Crippen LogP contribution in [-0.2, 0) is 9.63 Å². The number of rotatable bonds is 20. The lowest BCUT2D eigenvalue weighted by Gasteiger charge is -2.30. The van der Waals surface area contributed by atoms with Crippen molar-refractivity contribution in [1.82, 2.24) is 5.06 Å². The largest absolute Gasteiger partial charge is 0.293 e. The van der Waals surface area contributed by atoms with Crippen LogP contribution >= 0.6 is 0 Å². The molecule has 3 nitrogen and oxygen atoms in total. The van der Waals surface area contributed by atoms with E-state index in [4.69, 9.17) is 4.84 Å². The Labute approximate surface area is 176 Å². The lowest BCUT2D eigenvalue weighted by atomic mass is 10.1. The second-order valence-corrected chi connectivity index (χ2v) is 9.19. The van der Waals surface area contributed by atoms with Crippen LogP contribution in [-0.4, -0.2) is 29.7 Å². The van der Waals surface area contributed by atoms with Gasteiger partial charge < -0.3 is 0 Å². The first-order valence-electron chi connectivity index (χ1n) is 12.1. The number of nitrogens with zero attached hydrogens (tertiary/aromatic N) is 1. The number of hydrogen-bond donors (Lipinski definition) is 0. The fourth-order valence-electron chi connectivity index (χ4n) is 3.49. The van der Waals surface area contributed by atoms with Crippen LogP contribution in [0.3, 0.4) is 0 Å². The van der Waals surface area contributed by atoms with Gasteiger partial charge in [0.2, 0.25) is 0 Å². The van der Waals surface area contributed by atoms with Crippen molar-refractivity contribution in [3.05, 3.63) is 6.08 Å². The minimum absolute atomic E-state index is 0.101. The van der Waals surface area contributed by atoms with E-state index in [0.717, 1.165) is 25.9 Å². The van der Waals surface area contributed by atoms with Crippen molar-refractivity contribution < 1.29 is 9.63 Å². The maximum Gasteiger partial charge on any atom is 0.120 e. The van der Waals surface area contributed by atoms with E-state index >= 15 is 0 Å². The molecular formula is C25H49NO2. The quantitative estimate of drug-likeness (QED) is 0.120. The van der Waals surface area contributed by atoms with Crippen LogP contribution < -0.4 is 0 Å². The molecular weight excluding hydrogens is 346 g/mol. The van der Waals surface area contributed by atoms with Crippen molar-refractivity contribution in [1.29, 1.82) is 0 Å². The third-order valence-electron chi connectivity index (χ3n) is 5.00. The number of unbranched alkanes of at least 4 members (excludes halogenated alkanes) is 14. The predicted octanol–water partition coefficient (Wildman–Crippen LogP) is 7.67. The Bertz CT molecular complexity index is 369. The van der Waals surface area contributed by atoms with Crippen LogP contribution in [0.4, 0.5) is 0 Å². The van der Waals surface area contributed by atoms with Crippen molar-refractivity contribution in [2.45, 2.75) is 136 Å². The third-order valence-corrected chi connectivity index (χ3v) is 5.00. The van der Waals surface area contributed by atoms with Crippen LogP contribution in [0.5, 0.6) is 0 Å². The molecule has 0 aliphatic carbocycles. The molecule has 0 saturated heterocycles. The molecule has 0 fully saturated rings. The molecule has 0 heterocycles. The Morgan fingerprint density at radius 2 is 1.14 bits per heavy atom. The molecule has 0 aliphatic heterocycles. The molecule has 0 aromatic heterocycles. The molecule has 0 aromatic rings. The average Bonchev–Trinajstić information content (AvgIpc) is 2.64. The van der Waals surface area contributed by atoms with Crippen molar-refractivity contribution >= 4 is 5.94 Å². The van der Waals surface area contributed by atoms with E-state index in [0.29, 0.717) is 0 Å². The summed E-state index contributed by atoms with van der Waals surface area (Å²) in [5, 5.41) is 2.23. The van der Waals surface area contributed by atoms with Crippen LogP contribution in [0.2, 0.25) is 0 Å². The van der Waals surface area contributed by atoms with E-state index in [1.54, 1.807) is 6.08 Å². The van der Waals surface area contributed by atoms with E-state index in [1.165, 1.54) is 89.9 Å².